The van der Waals surface area contributed by atoms with Crippen LogP contribution in [0.2, 0.25) is 0 Å². The summed E-state index contributed by atoms with van der Waals surface area (Å²) < 4.78 is 5.56. The maximum atomic E-state index is 12.2. The molecule has 0 aromatic heterocycles. The number of hydrogen-bond acceptors (Lipinski definition) is 3. The lowest BCUT2D eigenvalue weighted by molar-refractivity contribution is -0.134. The van der Waals surface area contributed by atoms with Crippen molar-refractivity contribution in [2.75, 3.05) is 19.7 Å². The minimum absolute atomic E-state index is 0.0226. The molecule has 2 aromatic rings. The van der Waals surface area contributed by atoms with Crippen molar-refractivity contribution in [3.63, 3.8) is 0 Å². The Hall–Kier alpha value is -2.82. The fourth-order valence-electron chi connectivity index (χ4n) is 2.96. The molecule has 0 atom stereocenters. The molecule has 1 aliphatic rings. The molecule has 3 rings (SSSR count). The molecule has 5 heteroatoms. The Bertz CT molecular complexity index is 723. The van der Waals surface area contributed by atoms with Crippen molar-refractivity contribution in [2.24, 2.45) is 0 Å². The molecule has 0 radical (unpaired) electrons. The molecule has 0 saturated carbocycles. The molecule has 2 amide bonds. The quantitative estimate of drug-likeness (QED) is 0.869. The molecule has 136 valence electrons. The van der Waals surface area contributed by atoms with E-state index < -0.39 is 0 Å². The third kappa shape index (κ3) is 5.09. The molecule has 0 bridgehead atoms. The Balaban J connectivity index is 1.46. The molecule has 1 heterocycles. The van der Waals surface area contributed by atoms with Gasteiger partial charge in [-0.3, -0.25) is 9.59 Å². The molecule has 0 spiro atoms. The molecule has 1 N–H and O–H groups in total. The molecule has 1 aliphatic heterocycles. The predicted octanol–water partition coefficient (Wildman–Crippen LogP) is 3.01. The summed E-state index contributed by atoms with van der Waals surface area (Å²) in [7, 11) is 0. The zero-order chi connectivity index (χ0) is 18.2. The van der Waals surface area contributed by atoms with Crippen LogP contribution in [0.25, 0.3) is 0 Å². The van der Waals surface area contributed by atoms with Gasteiger partial charge in [0.25, 0.3) is 11.8 Å². The summed E-state index contributed by atoms with van der Waals surface area (Å²) in [6, 6.07) is 16.6. The van der Waals surface area contributed by atoms with Crippen LogP contribution in [0.15, 0.2) is 54.6 Å². The Kier molecular flexibility index (Phi) is 6.25. The number of likely N-dealkylation sites (tertiary alicyclic amines) is 1. The SMILES string of the molecule is O=C(NCc1ccccc1)c1ccc(OCC(=O)N2CCCCC2)cc1. The van der Waals surface area contributed by atoms with Gasteiger partial charge in [-0.05, 0) is 49.1 Å². The van der Waals surface area contributed by atoms with Crippen LogP contribution in [0.3, 0.4) is 0 Å². The smallest absolute Gasteiger partial charge is 0.260 e. The van der Waals surface area contributed by atoms with Gasteiger partial charge in [0, 0.05) is 25.2 Å². The lowest BCUT2D eigenvalue weighted by Gasteiger charge is -2.26. The van der Waals surface area contributed by atoms with Crippen molar-refractivity contribution in [2.45, 2.75) is 25.8 Å². The largest absolute Gasteiger partial charge is 0.484 e. The van der Waals surface area contributed by atoms with Crippen molar-refractivity contribution in [3.05, 3.63) is 65.7 Å². The summed E-state index contributed by atoms with van der Waals surface area (Å²) in [5.74, 6) is 0.481. The zero-order valence-corrected chi connectivity index (χ0v) is 14.8. The standard InChI is InChI=1S/C21H24N2O3/c24-20(23-13-5-2-6-14-23)16-26-19-11-9-18(10-12-19)21(25)22-15-17-7-3-1-4-8-17/h1,3-4,7-12H,2,5-6,13-16H2,(H,22,25). The number of carbonyl (C=O) groups is 2. The summed E-state index contributed by atoms with van der Waals surface area (Å²) in [5.41, 5.74) is 1.62. The first kappa shape index (κ1) is 18.0. The second kappa shape index (κ2) is 9.04. The lowest BCUT2D eigenvalue weighted by atomic mass is 10.1. The van der Waals surface area contributed by atoms with Gasteiger partial charge in [-0.2, -0.15) is 0 Å². The van der Waals surface area contributed by atoms with Crippen LogP contribution in [0, 0.1) is 0 Å². The summed E-state index contributed by atoms with van der Waals surface area (Å²) in [5, 5.41) is 2.89. The fraction of sp³-hybridized carbons (Fsp3) is 0.333. The normalized spacial score (nSPS) is 13.9. The predicted molar refractivity (Wildman–Crippen MR) is 100.0 cm³/mol. The van der Waals surface area contributed by atoms with Crippen molar-refractivity contribution in [3.8, 4) is 5.75 Å². The van der Waals surface area contributed by atoms with Crippen LogP contribution < -0.4 is 10.1 Å². The molecule has 1 fully saturated rings. The van der Waals surface area contributed by atoms with E-state index in [9.17, 15) is 9.59 Å². The summed E-state index contributed by atoms with van der Waals surface area (Å²) in [6.45, 7) is 2.17. The monoisotopic (exact) mass is 352 g/mol. The van der Waals surface area contributed by atoms with Gasteiger partial charge in [-0.1, -0.05) is 30.3 Å². The van der Waals surface area contributed by atoms with Gasteiger partial charge in [0.15, 0.2) is 6.61 Å². The van der Waals surface area contributed by atoms with E-state index in [1.54, 1.807) is 24.3 Å². The molecule has 0 unspecified atom stereocenters. The first-order chi connectivity index (χ1) is 12.7. The Morgan fingerprint density at radius 2 is 1.62 bits per heavy atom. The van der Waals surface area contributed by atoms with Crippen LogP contribution in [0.1, 0.15) is 35.2 Å². The highest BCUT2D eigenvalue weighted by molar-refractivity contribution is 5.94. The molecule has 0 aliphatic carbocycles. The van der Waals surface area contributed by atoms with Crippen LogP contribution in [-0.2, 0) is 11.3 Å². The van der Waals surface area contributed by atoms with E-state index in [1.807, 2.05) is 35.2 Å². The highest BCUT2D eigenvalue weighted by Crippen LogP contribution is 2.14. The lowest BCUT2D eigenvalue weighted by Crippen LogP contribution is -2.38. The van der Waals surface area contributed by atoms with E-state index in [0.717, 1.165) is 31.5 Å². The van der Waals surface area contributed by atoms with Gasteiger partial charge in [0.05, 0.1) is 0 Å². The first-order valence-corrected chi connectivity index (χ1v) is 9.05. The number of benzene rings is 2. The van der Waals surface area contributed by atoms with Crippen molar-refractivity contribution in [1.29, 1.82) is 0 Å². The fourth-order valence-corrected chi connectivity index (χ4v) is 2.96. The molecular formula is C21H24N2O3. The number of hydrogen-bond donors (Lipinski definition) is 1. The third-order valence-electron chi connectivity index (χ3n) is 4.48. The number of amides is 2. The number of ether oxygens (including phenoxy) is 1. The highest BCUT2D eigenvalue weighted by Gasteiger charge is 2.16. The zero-order valence-electron chi connectivity index (χ0n) is 14.8. The van der Waals surface area contributed by atoms with E-state index in [1.165, 1.54) is 6.42 Å². The van der Waals surface area contributed by atoms with Crippen molar-refractivity contribution in [1.82, 2.24) is 10.2 Å². The maximum absolute atomic E-state index is 12.2. The highest BCUT2D eigenvalue weighted by atomic mass is 16.5. The van der Waals surface area contributed by atoms with E-state index in [0.29, 0.717) is 17.9 Å². The average Bonchev–Trinajstić information content (AvgIpc) is 2.72. The van der Waals surface area contributed by atoms with Crippen LogP contribution in [-0.4, -0.2) is 36.4 Å². The number of carbonyl (C=O) groups excluding carboxylic acids is 2. The van der Waals surface area contributed by atoms with Crippen LogP contribution in [0.5, 0.6) is 5.75 Å². The number of rotatable bonds is 6. The van der Waals surface area contributed by atoms with Gasteiger partial charge < -0.3 is 15.0 Å². The van der Waals surface area contributed by atoms with E-state index >= 15 is 0 Å². The average molecular weight is 352 g/mol. The first-order valence-electron chi connectivity index (χ1n) is 9.05. The van der Waals surface area contributed by atoms with Gasteiger partial charge in [0.2, 0.25) is 0 Å². The second-order valence-electron chi connectivity index (χ2n) is 6.42. The van der Waals surface area contributed by atoms with Gasteiger partial charge in [0.1, 0.15) is 5.75 Å². The molecule has 5 nitrogen and oxygen atoms in total. The molecule has 2 aromatic carbocycles. The Morgan fingerprint density at radius 3 is 2.31 bits per heavy atom. The maximum Gasteiger partial charge on any atom is 0.260 e. The second-order valence-corrected chi connectivity index (χ2v) is 6.42. The van der Waals surface area contributed by atoms with Crippen LogP contribution >= 0.6 is 0 Å². The van der Waals surface area contributed by atoms with Gasteiger partial charge >= 0.3 is 0 Å². The van der Waals surface area contributed by atoms with E-state index in [2.05, 4.69) is 5.32 Å². The van der Waals surface area contributed by atoms with E-state index in [4.69, 9.17) is 4.74 Å². The third-order valence-corrected chi connectivity index (χ3v) is 4.48. The van der Waals surface area contributed by atoms with E-state index in [-0.39, 0.29) is 18.4 Å². The minimum Gasteiger partial charge on any atom is -0.484 e. The summed E-state index contributed by atoms with van der Waals surface area (Å²) in [6.07, 6.45) is 3.33. The topological polar surface area (TPSA) is 58.6 Å². The Labute approximate surface area is 154 Å². The number of nitrogens with one attached hydrogen (secondary N) is 1. The van der Waals surface area contributed by atoms with Gasteiger partial charge in [-0.15, -0.1) is 0 Å². The number of nitrogens with zero attached hydrogens (tertiary/aromatic N) is 1. The summed E-state index contributed by atoms with van der Waals surface area (Å²) in [4.78, 5) is 26.1. The Morgan fingerprint density at radius 1 is 0.923 bits per heavy atom. The van der Waals surface area contributed by atoms with Crippen molar-refractivity contribution < 1.29 is 14.3 Å². The summed E-state index contributed by atoms with van der Waals surface area (Å²) >= 11 is 0. The molecular weight excluding hydrogens is 328 g/mol. The molecule has 26 heavy (non-hydrogen) atoms. The number of piperidine rings is 1. The minimum atomic E-state index is -0.134. The van der Waals surface area contributed by atoms with Gasteiger partial charge in [-0.25, -0.2) is 0 Å². The molecule has 1 saturated heterocycles. The van der Waals surface area contributed by atoms with Crippen LogP contribution in [0.4, 0.5) is 0 Å². The van der Waals surface area contributed by atoms with Crippen molar-refractivity contribution >= 4 is 11.8 Å².